The Kier molecular flexibility index (Phi) is 6.86. The number of benzene rings is 3. The third-order valence-corrected chi connectivity index (χ3v) is 6.04. The van der Waals surface area contributed by atoms with Crippen LogP contribution >= 0.6 is 11.8 Å². The van der Waals surface area contributed by atoms with Crippen molar-refractivity contribution in [3.05, 3.63) is 118 Å². The highest BCUT2D eigenvalue weighted by Gasteiger charge is 2.19. The maximum Gasteiger partial charge on any atom is 0.282 e. The van der Waals surface area contributed by atoms with Crippen molar-refractivity contribution in [1.29, 1.82) is 0 Å². The van der Waals surface area contributed by atoms with Crippen molar-refractivity contribution >= 4 is 29.6 Å². The van der Waals surface area contributed by atoms with Crippen molar-refractivity contribution < 1.29 is 14.1 Å². The Morgan fingerprint density at radius 1 is 0.946 bits per heavy atom. The summed E-state index contributed by atoms with van der Waals surface area (Å²) in [5.74, 6) is 0.369. The van der Waals surface area contributed by atoms with Crippen molar-refractivity contribution in [3.63, 3.8) is 0 Å². The second kappa shape index (κ2) is 10.7. The van der Waals surface area contributed by atoms with Gasteiger partial charge in [-0.2, -0.15) is 5.10 Å². The lowest BCUT2D eigenvalue weighted by Gasteiger charge is -2.09. The molecule has 0 aliphatic heterocycles. The first-order valence-electron chi connectivity index (χ1n) is 11.0. The van der Waals surface area contributed by atoms with Crippen molar-refractivity contribution in [2.24, 2.45) is 5.10 Å². The molecule has 0 atom stereocenters. The summed E-state index contributed by atoms with van der Waals surface area (Å²) in [5.41, 5.74) is 3.72. The fourth-order valence-electron chi connectivity index (χ4n) is 3.51. The van der Waals surface area contributed by atoms with Crippen molar-refractivity contribution in [2.75, 3.05) is 0 Å². The van der Waals surface area contributed by atoms with E-state index in [0.29, 0.717) is 21.8 Å². The second-order valence-corrected chi connectivity index (χ2v) is 8.55. The molecular weight excluding hydrogens is 492 g/mol. The van der Waals surface area contributed by atoms with Crippen LogP contribution in [0.25, 0.3) is 17.1 Å². The molecule has 0 radical (unpaired) electrons. The van der Waals surface area contributed by atoms with Crippen LogP contribution in [-0.2, 0) is 0 Å². The number of hydrogen-bond donors (Lipinski definition) is 1. The maximum absolute atomic E-state index is 12.3. The Balaban J connectivity index is 1.34. The number of nitrogens with one attached hydrogen (secondary N) is 1. The number of nitro benzene ring substituents is 1. The zero-order chi connectivity index (χ0) is 25.6. The van der Waals surface area contributed by atoms with E-state index in [1.165, 1.54) is 36.2 Å². The molecule has 10 nitrogen and oxygen atoms in total. The average molecular weight is 511 g/mol. The van der Waals surface area contributed by atoms with Crippen LogP contribution in [0.15, 0.2) is 117 Å². The summed E-state index contributed by atoms with van der Waals surface area (Å²) in [6.45, 7) is 0. The van der Waals surface area contributed by atoms with Gasteiger partial charge in [-0.3, -0.25) is 19.5 Å². The number of nitro groups is 1. The van der Waals surface area contributed by atoms with E-state index >= 15 is 0 Å². The molecule has 1 N–H and O–H groups in total. The van der Waals surface area contributed by atoms with Gasteiger partial charge in [0, 0.05) is 17.3 Å². The minimum Gasteiger partial charge on any atom is -0.448 e. The SMILES string of the molecule is O=C(NN=Cc1ccc(Sc2nnc(-c3ccccc3)n2-c2ccccc2)o1)c1ccccc1[N+](=O)[O-]. The van der Waals surface area contributed by atoms with Crippen LogP contribution in [0.1, 0.15) is 16.1 Å². The van der Waals surface area contributed by atoms with Gasteiger partial charge in [0.25, 0.3) is 11.6 Å². The lowest BCUT2D eigenvalue weighted by molar-refractivity contribution is -0.385. The predicted octanol–water partition coefficient (Wildman–Crippen LogP) is 5.35. The number of aromatic nitrogens is 3. The molecule has 0 fully saturated rings. The van der Waals surface area contributed by atoms with E-state index in [-0.39, 0.29) is 11.3 Å². The molecule has 2 heterocycles. The number of hydrazone groups is 1. The van der Waals surface area contributed by atoms with Crippen LogP contribution in [0.4, 0.5) is 5.69 Å². The number of hydrogen-bond acceptors (Lipinski definition) is 8. The lowest BCUT2D eigenvalue weighted by Crippen LogP contribution is -2.18. The fourth-order valence-corrected chi connectivity index (χ4v) is 4.33. The first kappa shape index (κ1) is 23.7. The Morgan fingerprint density at radius 3 is 2.41 bits per heavy atom. The molecule has 2 aromatic heterocycles. The highest BCUT2D eigenvalue weighted by molar-refractivity contribution is 7.99. The van der Waals surface area contributed by atoms with E-state index in [0.717, 1.165) is 11.3 Å². The van der Waals surface area contributed by atoms with Gasteiger partial charge < -0.3 is 4.42 Å². The van der Waals surface area contributed by atoms with Crippen molar-refractivity contribution in [2.45, 2.75) is 10.2 Å². The highest BCUT2D eigenvalue weighted by Crippen LogP contribution is 2.33. The quantitative estimate of drug-likeness (QED) is 0.169. The lowest BCUT2D eigenvalue weighted by atomic mass is 10.2. The Bertz CT molecular complexity index is 1580. The molecule has 0 spiro atoms. The summed E-state index contributed by atoms with van der Waals surface area (Å²) in [5, 5.41) is 24.9. The summed E-state index contributed by atoms with van der Waals surface area (Å²) in [7, 11) is 0. The molecular formula is C26H18N6O4S. The number of amides is 1. The molecule has 37 heavy (non-hydrogen) atoms. The fraction of sp³-hybridized carbons (Fsp3) is 0. The third-order valence-electron chi connectivity index (χ3n) is 5.18. The first-order valence-corrected chi connectivity index (χ1v) is 11.8. The Hall–Kier alpha value is -5.03. The standard InChI is InChI=1S/C26H18N6O4S/c33-25(21-13-7-8-14-22(21)32(34)35)29-27-17-20-15-16-23(36-20)37-26-30-28-24(18-9-3-1-4-10-18)31(26)19-11-5-2-6-12-19/h1-17H,(H,29,33). The molecule has 0 unspecified atom stereocenters. The van der Waals surface area contributed by atoms with Gasteiger partial charge in [0.15, 0.2) is 10.9 Å². The smallest absolute Gasteiger partial charge is 0.282 e. The van der Waals surface area contributed by atoms with E-state index in [1.807, 2.05) is 65.2 Å². The van der Waals surface area contributed by atoms with Gasteiger partial charge >= 0.3 is 0 Å². The minimum absolute atomic E-state index is 0.0881. The number of nitrogens with zero attached hydrogens (tertiary/aromatic N) is 5. The van der Waals surface area contributed by atoms with Crippen molar-refractivity contribution in [1.82, 2.24) is 20.2 Å². The monoisotopic (exact) mass is 510 g/mol. The van der Waals surface area contributed by atoms with E-state index in [4.69, 9.17) is 4.42 Å². The Morgan fingerprint density at radius 2 is 1.65 bits per heavy atom. The van der Waals surface area contributed by atoms with E-state index < -0.39 is 10.8 Å². The highest BCUT2D eigenvalue weighted by atomic mass is 32.2. The number of para-hydroxylation sites is 2. The zero-order valence-corrected chi connectivity index (χ0v) is 19.9. The summed E-state index contributed by atoms with van der Waals surface area (Å²) in [6, 6.07) is 28.6. The van der Waals surface area contributed by atoms with E-state index in [9.17, 15) is 14.9 Å². The third kappa shape index (κ3) is 5.31. The first-order chi connectivity index (χ1) is 18.1. The van der Waals surface area contributed by atoms with Crippen LogP contribution in [0.2, 0.25) is 0 Å². The Labute approximate surface area is 214 Å². The minimum atomic E-state index is -0.700. The second-order valence-electron chi connectivity index (χ2n) is 7.58. The van der Waals surface area contributed by atoms with Crippen molar-refractivity contribution in [3.8, 4) is 17.1 Å². The van der Waals surface area contributed by atoms with Gasteiger partial charge in [-0.05, 0) is 42.1 Å². The average Bonchev–Trinajstić information content (AvgIpc) is 3.56. The van der Waals surface area contributed by atoms with Crippen LogP contribution < -0.4 is 5.43 Å². The van der Waals surface area contributed by atoms with Gasteiger partial charge in [0.05, 0.1) is 11.1 Å². The topological polar surface area (TPSA) is 128 Å². The van der Waals surface area contributed by atoms with E-state index in [2.05, 4.69) is 20.7 Å². The van der Waals surface area contributed by atoms with Crippen LogP contribution in [0, 0.1) is 10.1 Å². The molecule has 11 heteroatoms. The number of furan rings is 1. The van der Waals surface area contributed by atoms with Gasteiger partial charge in [0.2, 0.25) is 5.16 Å². The largest absolute Gasteiger partial charge is 0.448 e. The normalized spacial score (nSPS) is 11.0. The van der Waals surface area contributed by atoms with Gasteiger partial charge in [-0.25, -0.2) is 5.43 Å². The van der Waals surface area contributed by atoms with Crippen LogP contribution in [-0.4, -0.2) is 31.8 Å². The summed E-state index contributed by atoms with van der Waals surface area (Å²) < 4.78 is 7.76. The van der Waals surface area contributed by atoms with Crippen LogP contribution in [0.5, 0.6) is 0 Å². The molecule has 0 saturated carbocycles. The van der Waals surface area contributed by atoms with Gasteiger partial charge in [-0.15, -0.1) is 10.2 Å². The summed E-state index contributed by atoms with van der Waals surface area (Å²) in [6.07, 6.45) is 1.31. The number of carbonyl (C=O) groups excluding carboxylic acids is 1. The molecule has 0 aliphatic carbocycles. The predicted molar refractivity (Wildman–Crippen MR) is 138 cm³/mol. The van der Waals surface area contributed by atoms with Gasteiger partial charge in [0.1, 0.15) is 11.3 Å². The molecule has 0 bridgehead atoms. The zero-order valence-electron chi connectivity index (χ0n) is 19.1. The molecule has 182 valence electrons. The maximum atomic E-state index is 12.3. The molecule has 3 aromatic carbocycles. The van der Waals surface area contributed by atoms with E-state index in [1.54, 1.807) is 18.2 Å². The van der Waals surface area contributed by atoms with Crippen LogP contribution in [0.3, 0.4) is 0 Å². The van der Waals surface area contributed by atoms with Gasteiger partial charge in [-0.1, -0.05) is 60.7 Å². The molecule has 0 aliphatic rings. The summed E-state index contributed by atoms with van der Waals surface area (Å²) >= 11 is 1.29. The number of rotatable bonds is 8. The molecule has 5 aromatic rings. The molecule has 1 amide bonds. The summed E-state index contributed by atoms with van der Waals surface area (Å²) in [4.78, 5) is 22.8. The molecule has 5 rings (SSSR count). The molecule has 0 saturated heterocycles. The number of carbonyl (C=O) groups is 1.